The summed E-state index contributed by atoms with van der Waals surface area (Å²) in [7, 11) is 1.86. The van der Waals surface area contributed by atoms with Gasteiger partial charge in [-0.3, -0.25) is 4.79 Å². The van der Waals surface area contributed by atoms with Crippen LogP contribution in [0.25, 0.3) is 0 Å². The summed E-state index contributed by atoms with van der Waals surface area (Å²) in [5.74, 6) is 0.232. The first kappa shape index (κ1) is 16.4. The van der Waals surface area contributed by atoms with Crippen LogP contribution >= 0.6 is 0 Å². The molecule has 0 atom stereocenters. The van der Waals surface area contributed by atoms with Crippen LogP contribution in [0.5, 0.6) is 0 Å². The normalized spacial score (nSPS) is 10.9. The summed E-state index contributed by atoms with van der Waals surface area (Å²) < 4.78 is 0. The summed E-state index contributed by atoms with van der Waals surface area (Å²) in [6.07, 6.45) is 3.81. The molecule has 0 saturated carbocycles. The van der Waals surface area contributed by atoms with Crippen LogP contribution in [0.4, 0.5) is 0 Å². The van der Waals surface area contributed by atoms with Crippen molar-refractivity contribution in [2.75, 3.05) is 39.8 Å². The van der Waals surface area contributed by atoms with Gasteiger partial charge in [-0.2, -0.15) is 0 Å². The van der Waals surface area contributed by atoms with Gasteiger partial charge < -0.3 is 15.5 Å². The van der Waals surface area contributed by atoms with E-state index in [1.54, 1.807) is 4.90 Å². The molecule has 0 aromatic heterocycles. The third kappa shape index (κ3) is 8.16. The lowest BCUT2D eigenvalue weighted by molar-refractivity contribution is -0.130. The predicted octanol–water partition coefficient (Wildman–Crippen LogP) is 1.31. The largest absolute Gasteiger partial charge is 0.346 e. The van der Waals surface area contributed by atoms with Crippen molar-refractivity contribution < 1.29 is 4.79 Å². The maximum Gasteiger partial charge on any atom is 0.223 e. The molecule has 0 aliphatic heterocycles. The van der Waals surface area contributed by atoms with Gasteiger partial charge in [0.15, 0.2) is 0 Å². The predicted molar refractivity (Wildman–Crippen MR) is 72.9 cm³/mol. The minimum atomic E-state index is 0.232. The van der Waals surface area contributed by atoms with Crippen molar-refractivity contribution in [1.29, 1.82) is 0 Å². The van der Waals surface area contributed by atoms with Gasteiger partial charge in [0.1, 0.15) is 0 Å². The number of nitrogens with zero attached hydrogens (tertiary/aromatic N) is 2. The average Bonchev–Trinajstić information content (AvgIpc) is 2.33. The maximum absolute atomic E-state index is 11.8. The molecule has 1 amide bonds. The Balaban J connectivity index is 3.85. The molecular formula is C13H29N3O. The molecule has 0 aliphatic rings. The van der Waals surface area contributed by atoms with E-state index in [4.69, 9.17) is 5.73 Å². The molecule has 0 rings (SSSR count). The molecule has 4 heteroatoms. The zero-order chi connectivity index (χ0) is 13.1. The Morgan fingerprint density at radius 3 is 2.12 bits per heavy atom. The SMILES string of the molecule is CCCN(CCC)CCC(=O)N(C)CCCN. The minimum absolute atomic E-state index is 0.232. The first-order valence-electron chi connectivity index (χ1n) is 6.82. The summed E-state index contributed by atoms with van der Waals surface area (Å²) in [5, 5.41) is 0. The van der Waals surface area contributed by atoms with E-state index in [-0.39, 0.29) is 5.91 Å². The Hall–Kier alpha value is -0.610. The molecule has 0 radical (unpaired) electrons. The van der Waals surface area contributed by atoms with Crippen molar-refractivity contribution in [2.24, 2.45) is 5.73 Å². The third-order valence-electron chi connectivity index (χ3n) is 2.84. The van der Waals surface area contributed by atoms with Crippen molar-refractivity contribution in [3.8, 4) is 0 Å². The second kappa shape index (κ2) is 10.5. The molecule has 0 aliphatic carbocycles. The van der Waals surface area contributed by atoms with E-state index in [0.717, 1.165) is 45.4 Å². The van der Waals surface area contributed by atoms with Crippen LogP contribution in [0.1, 0.15) is 39.5 Å². The second-order valence-corrected chi connectivity index (χ2v) is 4.55. The van der Waals surface area contributed by atoms with Crippen LogP contribution in [0, 0.1) is 0 Å². The Kier molecular flexibility index (Phi) is 10.2. The van der Waals surface area contributed by atoms with Crippen LogP contribution in [0.15, 0.2) is 0 Å². The number of carbonyl (C=O) groups excluding carboxylic acids is 1. The molecular weight excluding hydrogens is 214 g/mol. The van der Waals surface area contributed by atoms with E-state index in [9.17, 15) is 4.79 Å². The molecule has 0 unspecified atom stereocenters. The summed E-state index contributed by atoms with van der Waals surface area (Å²) in [6, 6.07) is 0. The Bertz CT molecular complexity index is 191. The fraction of sp³-hybridized carbons (Fsp3) is 0.923. The average molecular weight is 243 g/mol. The van der Waals surface area contributed by atoms with Gasteiger partial charge in [-0.25, -0.2) is 0 Å². The number of carbonyl (C=O) groups is 1. The molecule has 17 heavy (non-hydrogen) atoms. The second-order valence-electron chi connectivity index (χ2n) is 4.55. The van der Waals surface area contributed by atoms with Gasteiger partial charge in [0, 0.05) is 26.6 Å². The van der Waals surface area contributed by atoms with Crippen molar-refractivity contribution >= 4 is 5.91 Å². The molecule has 0 aromatic rings. The van der Waals surface area contributed by atoms with Crippen LogP contribution in [0.2, 0.25) is 0 Å². The van der Waals surface area contributed by atoms with Crippen LogP contribution in [-0.2, 0) is 4.79 Å². The fourth-order valence-electron chi connectivity index (χ4n) is 1.87. The highest BCUT2D eigenvalue weighted by Gasteiger charge is 2.10. The summed E-state index contributed by atoms with van der Waals surface area (Å²) in [6.45, 7) is 8.84. The van der Waals surface area contributed by atoms with E-state index in [1.165, 1.54) is 0 Å². The quantitative estimate of drug-likeness (QED) is 0.629. The van der Waals surface area contributed by atoms with Gasteiger partial charge in [0.2, 0.25) is 5.91 Å². The Morgan fingerprint density at radius 2 is 1.65 bits per heavy atom. The molecule has 0 aromatic carbocycles. The maximum atomic E-state index is 11.8. The van der Waals surface area contributed by atoms with Crippen LogP contribution in [0.3, 0.4) is 0 Å². The first-order chi connectivity index (χ1) is 8.15. The number of nitrogens with two attached hydrogens (primary N) is 1. The van der Waals surface area contributed by atoms with Gasteiger partial charge in [-0.1, -0.05) is 13.8 Å². The lowest BCUT2D eigenvalue weighted by atomic mass is 10.3. The Morgan fingerprint density at radius 1 is 1.06 bits per heavy atom. The van der Waals surface area contributed by atoms with Gasteiger partial charge in [-0.05, 0) is 38.9 Å². The zero-order valence-electron chi connectivity index (χ0n) is 11.7. The molecule has 2 N–H and O–H groups in total. The van der Waals surface area contributed by atoms with Gasteiger partial charge >= 0.3 is 0 Å². The van der Waals surface area contributed by atoms with Crippen molar-refractivity contribution in [3.63, 3.8) is 0 Å². The topological polar surface area (TPSA) is 49.6 Å². The number of rotatable bonds is 10. The van der Waals surface area contributed by atoms with E-state index in [0.29, 0.717) is 13.0 Å². The standard InChI is InChI=1S/C13H29N3O/c1-4-9-16(10-5-2)12-7-13(17)15(3)11-6-8-14/h4-12,14H2,1-3H3. The number of hydrogen-bond acceptors (Lipinski definition) is 3. The van der Waals surface area contributed by atoms with E-state index in [1.807, 2.05) is 7.05 Å². The van der Waals surface area contributed by atoms with E-state index < -0.39 is 0 Å². The summed E-state index contributed by atoms with van der Waals surface area (Å²) in [4.78, 5) is 16.0. The lowest BCUT2D eigenvalue weighted by Crippen LogP contribution is -2.34. The van der Waals surface area contributed by atoms with Gasteiger partial charge in [0.05, 0.1) is 0 Å². The highest BCUT2D eigenvalue weighted by molar-refractivity contribution is 5.76. The molecule has 4 nitrogen and oxygen atoms in total. The first-order valence-corrected chi connectivity index (χ1v) is 6.82. The Labute approximate surface area is 106 Å². The van der Waals surface area contributed by atoms with Crippen molar-refractivity contribution in [1.82, 2.24) is 9.80 Å². The van der Waals surface area contributed by atoms with Crippen molar-refractivity contribution in [3.05, 3.63) is 0 Å². The van der Waals surface area contributed by atoms with Crippen LogP contribution in [-0.4, -0.2) is 55.5 Å². The number of amides is 1. The number of hydrogen-bond donors (Lipinski definition) is 1. The molecule has 102 valence electrons. The van der Waals surface area contributed by atoms with E-state index >= 15 is 0 Å². The zero-order valence-corrected chi connectivity index (χ0v) is 11.7. The van der Waals surface area contributed by atoms with E-state index in [2.05, 4.69) is 18.7 Å². The van der Waals surface area contributed by atoms with Gasteiger partial charge in [0.25, 0.3) is 0 Å². The fourth-order valence-corrected chi connectivity index (χ4v) is 1.87. The highest BCUT2D eigenvalue weighted by atomic mass is 16.2. The molecule has 0 saturated heterocycles. The molecule has 0 heterocycles. The van der Waals surface area contributed by atoms with Crippen LogP contribution < -0.4 is 5.73 Å². The van der Waals surface area contributed by atoms with Gasteiger partial charge in [-0.15, -0.1) is 0 Å². The summed E-state index contributed by atoms with van der Waals surface area (Å²) in [5.41, 5.74) is 5.43. The monoisotopic (exact) mass is 243 g/mol. The molecule has 0 bridgehead atoms. The molecule has 0 fully saturated rings. The smallest absolute Gasteiger partial charge is 0.223 e. The van der Waals surface area contributed by atoms with Crippen molar-refractivity contribution in [2.45, 2.75) is 39.5 Å². The minimum Gasteiger partial charge on any atom is -0.346 e. The summed E-state index contributed by atoms with van der Waals surface area (Å²) >= 11 is 0. The molecule has 0 spiro atoms. The highest BCUT2D eigenvalue weighted by Crippen LogP contribution is 1.99. The lowest BCUT2D eigenvalue weighted by Gasteiger charge is -2.22. The third-order valence-corrected chi connectivity index (χ3v) is 2.84.